The van der Waals surface area contributed by atoms with Crippen molar-refractivity contribution in [3.05, 3.63) is 58.9 Å². The molecule has 0 aliphatic carbocycles. The van der Waals surface area contributed by atoms with E-state index in [-0.39, 0.29) is 10.8 Å². The van der Waals surface area contributed by atoms with Crippen LogP contribution < -0.4 is 10.2 Å². The molecule has 1 aromatic heterocycles. The van der Waals surface area contributed by atoms with Crippen molar-refractivity contribution in [2.75, 3.05) is 13.1 Å². The highest BCUT2D eigenvalue weighted by Gasteiger charge is 2.25. The molecule has 0 atom stereocenters. The number of nitrogens with one attached hydrogen (secondary N) is 1. The fourth-order valence-electron chi connectivity index (χ4n) is 3.38. The first kappa shape index (κ1) is 19.8. The third kappa shape index (κ3) is 3.98. The normalized spacial score (nSPS) is 16.2. The number of aromatic nitrogens is 1. The summed E-state index contributed by atoms with van der Waals surface area (Å²) < 4.78 is 29.9. The van der Waals surface area contributed by atoms with Crippen LogP contribution in [0, 0.1) is 0 Å². The topological polar surface area (TPSA) is 83.8 Å². The SMILES string of the molecule is Cn1c(=NNC(=O)c2ccc(S(=O)(=O)N3CCCCC3)cc2)sc2ccccc21. The Kier molecular flexibility index (Phi) is 5.53. The first-order valence-electron chi connectivity index (χ1n) is 9.46. The van der Waals surface area contributed by atoms with Gasteiger partial charge < -0.3 is 4.57 Å². The second kappa shape index (κ2) is 8.10. The van der Waals surface area contributed by atoms with Crippen molar-refractivity contribution in [2.24, 2.45) is 12.1 Å². The lowest BCUT2D eigenvalue weighted by atomic mass is 10.2. The van der Waals surface area contributed by atoms with E-state index in [1.54, 1.807) is 0 Å². The Bertz CT molecular complexity index is 1200. The summed E-state index contributed by atoms with van der Waals surface area (Å²) in [4.78, 5) is 13.3. The van der Waals surface area contributed by atoms with Gasteiger partial charge in [0, 0.05) is 25.7 Å². The molecule has 7 nitrogen and oxygen atoms in total. The Hall–Kier alpha value is -2.49. The van der Waals surface area contributed by atoms with E-state index in [1.165, 1.54) is 39.9 Å². The molecule has 4 rings (SSSR count). The van der Waals surface area contributed by atoms with Crippen LogP contribution in [-0.4, -0.2) is 36.3 Å². The number of aryl methyl sites for hydroxylation is 1. The number of hydrogen-bond acceptors (Lipinski definition) is 5. The van der Waals surface area contributed by atoms with E-state index in [2.05, 4.69) is 10.5 Å². The Balaban J connectivity index is 1.51. The fraction of sp³-hybridized carbons (Fsp3) is 0.300. The summed E-state index contributed by atoms with van der Waals surface area (Å²) in [7, 11) is -1.61. The number of rotatable bonds is 4. The third-order valence-corrected chi connectivity index (χ3v) is 8.06. The van der Waals surface area contributed by atoms with Gasteiger partial charge in [-0.15, -0.1) is 5.10 Å². The maximum atomic E-state index is 12.7. The lowest BCUT2D eigenvalue weighted by molar-refractivity contribution is 0.0953. The van der Waals surface area contributed by atoms with Gasteiger partial charge in [-0.25, -0.2) is 13.8 Å². The van der Waals surface area contributed by atoms with Crippen LogP contribution in [0.1, 0.15) is 29.6 Å². The van der Waals surface area contributed by atoms with Gasteiger partial charge in [0.1, 0.15) is 0 Å². The number of hydrogen-bond donors (Lipinski definition) is 1. The predicted octanol–water partition coefficient (Wildman–Crippen LogP) is 2.66. The molecule has 1 saturated heterocycles. The Morgan fingerprint density at radius 1 is 1.03 bits per heavy atom. The van der Waals surface area contributed by atoms with Gasteiger partial charge in [-0.2, -0.15) is 4.31 Å². The van der Waals surface area contributed by atoms with Crippen LogP contribution in [0.5, 0.6) is 0 Å². The number of nitrogens with zero attached hydrogens (tertiary/aromatic N) is 3. The number of fused-ring (bicyclic) bond motifs is 1. The highest BCUT2D eigenvalue weighted by atomic mass is 32.2. The summed E-state index contributed by atoms with van der Waals surface area (Å²) in [5.74, 6) is -0.385. The van der Waals surface area contributed by atoms with Gasteiger partial charge in [0.05, 0.1) is 15.1 Å². The smallest absolute Gasteiger partial charge is 0.271 e. The molecule has 0 saturated carbocycles. The van der Waals surface area contributed by atoms with Gasteiger partial charge in [-0.05, 0) is 49.2 Å². The molecular formula is C20H22N4O3S2. The monoisotopic (exact) mass is 430 g/mol. The number of carbonyl (C=O) groups excluding carboxylic acids is 1. The van der Waals surface area contributed by atoms with E-state index < -0.39 is 10.0 Å². The van der Waals surface area contributed by atoms with Crippen LogP contribution in [0.25, 0.3) is 10.2 Å². The van der Waals surface area contributed by atoms with Crippen molar-refractivity contribution in [2.45, 2.75) is 24.2 Å². The zero-order chi connectivity index (χ0) is 20.4. The van der Waals surface area contributed by atoms with E-state index >= 15 is 0 Å². The molecule has 1 aliphatic heterocycles. The van der Waals surface area contributed by atoms with Crippen LogP contribution >= 0.6 is 11.3 Å². The second-order valence-electron chi connectivity index (χ2n) is 6.95. The van der Waals surface area contributed by atoms with E-state index in [9.17, 15) is 13.2 Å². The highest BCUT2D eigenvalue weighted by Crippen LogP contribution is 2.21. The number of benzene rings is 2. The Labute approximate surface area is 173 Å². The predicted molar refractivity (Wildman–Crippen MR) is 113 cm³/mol. The number of sulfonamides is 1. The maximum absolute atomic E-state index is 12.7. The molecule has 1 fully saturated rings. The van der Waals surface area contributed by atoms with Crippen molar-refractivity contribution in [1.82, 2.24) is 14.3 Å². The third-order valence-electron chi connectivity index (χ3n) is 5.04. The van der Waals surface area contributed by atoms with Crippen LogP contribution in [-0.2, 0) is 17.1 Å². The molecule has 2 heterocycles. The van der Waals surface area contributed by atoms with Crippen molar-refractivity contribution in [3.8, 4) is 0 Å². The standard InChI is InChI=1S/C20H22N4O3S2/c1-23-17-7-3-4-8-18(17)28-20(23)22-21-19(25)15-9-11-16(12-10-15)29(26,27)24-13-5-2-6-14-24/h3-4,7-12H,2,5-6,13-14H2,1H3,(H,21,25). The molecular weight excluding hydrogens is 408 g/mol. The molecule has 152 valence electrons. The molecule has 29 heavy (non-hydrogen) atoms. The number of para-hydroxylation sites is 1. The summed E-state index contributed by atoms with van der Waals surface area (Å²) in [5.41, 5.74) is 3.95. The summed E-state index contributed by atoms with van der Waals surface area (Å²) in [6.07, 6.45) is 2.83. The molecule has 1 N–H and O–H groups in total. The van der Waals surface area contributed by atoms with Crippen LogP contribution in [0.3, 0.4) is 0 Å². The van der Waals surface area contributed by atoms with Crippen LogP contribution in [0.2, 0.25) is 0 Å². The van der Waals surface area contributed by atoms with Crippen LogP contribution in [0.15, 0.2) is 58.5 Å². The van der Waals surface area contributed by atoms with Gasteiger partial charge in [-0.3, -0.25) is 4.79 Å². The minimum atomic E-state index is -3.50. The Morgan fingerprint density at radius 2 is 1.72 bits per heavy atom. The van der Waals surface area contributed by atoms with E-state index in [0.29, 0.717) is 23.5 Å². The number of thiazole rings is 1. The molecule has 0 spiro atoms. The number of piperidine rings is 1. The van der Waals surface area contributed by atoms with Gasteiger partial charge in [0.25, 0.3) is 5.91 Å². The molecule has 9 heteroatoms. The highest BCUT2D eigenvalue weighted by molar-refractivity contribution is 7.89. The lowest BCUT2D eigenvalue weighted by Crippen LogP contribution is -2.35. The quantitative estimate of drug-likeness (QED) is 0.646. The van der Waals surface area contributed by atoms with Crippen molar-refractivity contribution >= 4 is 37.5 Å². The minimum absolute atomic E-state index is 0.212. The molecule has 0 radical (unpaired) electrons. The van der Waals surface area contributed by atoms with Gasteiger partial charge in [0.15, 0.2) is 0 Å². The molecule has 0 unspecified atom stereocenters. The minimum Gasteiger partial charge on any atom is -0.318 e. The molecule has 1 amide bonds. The first-order valence-corrected chi connectivity index (χ1v) is 11.7. The Morgan fingerprint density at radius 3 is 2.41 bits per heavy atom. The number of carbonyl (C=O) groups is 1. The van der Waals surface area contributed by atoms with Crippen molar-refractivity contribution in [1.29, 1.82) is 0 Å². The average molecular weight is 431 g/mol. The summed E-state index contributed by atoms with van der Waals surface area (Å²) in [5, 5.41) is 4.22. The molecule has 3 aromatic rings. The largest absolute Gasteiger partial charge is 0.318 e. The fourth-order valence-corrected chi connectivity index (χ4v) is 5.88. The zero-order valence-electron chi connectivity index (χ0n) is 16.0. The molecule has 0 bridgehead atoms. The van der Waals surface area contributed by atoms with E-state index in [0.717, 1.165) is 29.5 Å². The summed E-state index contributed by atoms with van der Waals surface area (Å²) in [6.45, 7) is 1.10. The maximum Gasteiger partial charge on any atom is 0.271 e. The van der Waals surface area contributed by atoms with Crippen molar-refractivity contribution in [3.63, 3.8) is 0 Å². The van der Waals surface area contributed by atoms with Gasteiger partial charge >= 0.3 is 0 Å². The van der Waals surface area contributed by atoms with E-state index in [4.69, 9.17) is 0 Å². The van der Waals surface area contributed by atoms with Gasteiger partial charge in [-0.1, -0.05) is 29.9 Å². The zero-order valence-corrected chi connectivity index (χ0v) is 17.7. The molecule has 2 aromatic carbocycles. The van der Waals surface area contributed by atoms with Crippen molar-refractivity contribution < 1.29 is 13.2 Å². The van der Waals surface area contributed by atoms with E-state index in [1.807, 2.05) is 35.9 Å². The lowest BCUT2D eigenvalue weighted by Gasteiger charge is -2.25. The summed E-state index contributed by atoms with van der Waals surface area (Å²) in [6, 6.07) is 13.9. The number of amides is 1. The summed E-state index contributed by atoms with van der Waals surface area (Å²) >= 11 is 1.48. The first-order chi connectivity index (χ1) is 14.0. The average Bonchev–Trinajstić information content (AvgIpc) is 3.08. The van der Waals surface area contributed by atoms with Gasteiger partial charge in [0.2, 0.25) is 14.8 Å². The molecule has 1 aliphatic rings. The van der Waals surface area contributed by atoms with Crippen LogP contribution in [0.4, 0.5) is 0 Å². The second-order valence-corrected chi connectivity index (χ2v) is 9.90.